The van der Waals surface area contributed by atoms with Gasteiger partial charge in [0.2, 0.25) is 0 Å². The summed E-state index contributed by atoms with van der Waals surface area (Å²) in [5.74, 6) is 1.01. The zero-order chi connectivity index (χ0) is 11.1. The molecule has 1 fully saturated rings. The van der Waals surface area contributed by atoms with Gasteiger partial charge in [-0.1, -0.05) is 0 Å². The molecule has 0 spiro atoms. The smallest absolute Gasteiger partial charge is 0.154 e. The molecule has 0 saturated carbocycles. The largest absolute Gasteiger partial charge is 0.458 e. The molecule has 3 rings (SSSR count). The van der Waals surface area contributed by atoms with Crippen molar-refractivity contribution in [3.05, 3.63) is 26.1 Å². The molecule has 1 unspecified atom stereocenters. The first-order valence-electron chi connectivity index (χ1n) is 5.23. The molecule has 2 aromatic heterocycles. The minimum Gasteiger partial charge on any atom is -0.458 e. The number of hydrogen-bond donors (Lipinski definition) is 1. The Morgan fingerprint density at radius 2 is 2.38 bits per heavy atom. The minimum atomic E-state index is 0.366. The Morgan fingerprint density at radius 1 is 1.50 bits per heavy atom. The molecule has 1 saturated heterocycles. The lowest BCUT2D eigenvalue weighted by atomic mass is 10.2. The maximum absolute atomic E-state index is 5.83. The number of nitrogens with zero attached hydrogens (tertiary/aromatic N) is 1. The first kappa shape index (κ1) is 11.0. The average Bonchev–Trinajstić information content (AvgIpc) is 2.86. The number of pyridine rings is 1. The molecule has 1 aliphatic rings. The van der Waals surface area contributed by atoms with Crippen molar-refractivity contribution >= 4 is 49.6 Å². The fraction of sp³-hybridized carbons (Fsp3) is 0.364. The van der Waals surface area contributed by atoms with Crippen LogP contribution >= 0.6 is 38.5 Å². The number of fused-ring (bicyclic) bond motifs is 1. The Kier molecular flexibility index (Phi) is 2.93. The lowest BCUT2D eigenvalue weighted by molar-refractivity contribution is 0.470. The topological polar surface area (TPSA) is 38.1 Å². The molecular weight excluding hydrogens is 383 g/mol. The number of furan rings is 1. The number of nitrogens with one attached hydrogen (secondary N) is 1. The van der Waals surface area contributed by atoms with Gasteiger partial charge in [0.25, 0.3) is 0 Å². The van der Waals surface area contributed by atoms with E-state index >= 15 is 0 Å². The zero-order valence-corrected chi connectivity index (χ0v) is 12.2. The van der Waals surface area contributed by atoms with Crippen molar-refractivity contribution in [2.45, 2.75) is 18.9 Å². The van der Waals surface area contributed by atoms with E-state index in [4.69, 9.17) is 4.42 Å². The molecular formula is C11H10BrIN2O. The summed E-state index contributed by atoms with van der Waals surface area (Å²) in [5.41, 5.74) is 1.80. The van der Waals surface area contributed by atoms with E-state index in [1.54, 1.807) is 0 Å². The van der Waals surface area contributed by atoms with Gasteiger partial charge >= 0.3 is 0 Å². The summed E-state index contributed by atoms with van der Waals surface area (Å²) < 4.78 is 7.79. The van der Waals surface area contributed by atoms with E-state index < -0.39 is 0 Å². The third-order valence-electron chi connectivity index (χ3n) is 2.84. The molecule has 0 aromatic carbocycles. The fourth-order valence-corrected chi connectivity index (χ4v) is 2.75. The molecule has 5 heteroatoms. The molecule has 2 aromatic rings. The fourth-order valence-electron chi connectivity index (χ4n) is 2.04. The van der Waals surface area contributed by atoms with Crippen molar-refractivity contribution in [3.8, 4) is 0 Å². The normalized spacial score (nSPS) is 20.8. The van der Waals surface area contributed by atoms with E-state index in [1.165, 1.54) is 6.42 Å². The summed E-state index contributed by atoms with van der Waals surface area (Å²) >= 11 is 5.68. The van der Waals surface area contributed by atoms with E-state index in [2.05, 4.69) is 48.8 Å². The van der Waals surface area contributed by atoms with Crippen molar-refractivity contribution < 1.29 is 4.42 Å². The van der Waals surface area contributed by atoms with Crippen LogP contribution in [0.5, 0.6) is 0 Å². The van der Waals surface area contributed by atoms with Gasteiger partial charge < -0.3 is 9.73 Å². The maximum Gasteiger partial charge on any atom is 0.154 e. The molecule has 1 N–H and O–H groups in total. The number of rotatable bonds is 1. The molecule has 0 aliphatic carbocycles. The summed E-state index contributed by atoms with van der Waals surface area (Å²) in [6.45, 7) is 1.08. The van der Waals surface area contributed by atoms with Crippen LogP contribution in [0.1, 0.15) is 24.6 Å². The van der Waals surface area contributed by atoms with Gasteiger partial charge in [0.1, 0.15) is 15.0 Å². The SMILES string of the molecule is Brc1cc2oc(C3CCCN3)cc2nc1I. The van der Waals surface area contributed by atoms with Crippen LogP contribution < -0.4 is 5.32 Å². The highest BCUT2D eigenvalue weighted by molar-refractivity contribution is 14.1. The Morgan fingerprint density at radius 3 is 3.12 bits per heavy atom. The van der Waals surface area contributed by atoms with Crippen LogP contribution in [0.25, 0.3) is 11.1 Å². The number of aromatic nitrogens is 1. The van der Waals surface area contributed by atoms with Crippen LogP contribution in [-0.4, -0.2) is 11.5 Å². The first-order valence-corrected chi connectivity index (χ1v) is 7.10. The van der Waals surface area contributed by atoms with E-state index in [0.29, 0.717) is 6.04 Å². The van der Waals surface area contributed by atoms with Crippen molar-refractivity contribution in [2.75, 3.05) is 6.54 Å². The Hall–Kier alpha value is -0.140. The molecule has 3 nitrogen and oxygen atoms in total. The zero-order valence-electron chi connectivity index (χ0n) is 8.46. The monoisotopic (exact) mass is 392 g/mol. The molecule has 3 heterocycles. The standard InChI is InChI=1S/C11H10BrIN2O/c12-6-4-9-8(15-11(6)13)5-10(16-9)7-2-1-3-14-7/h4-5,7,14H,1-3H2. The van der Waals surface area contributed by atoms with Crippen LogP contribution in [0.4, 0.5) is 0 Å². The number of halogens is 2. The Labute approximate surface area is 115 Å². The number of hydrogen-bond acceptors (Lipinski definition) is 3. The quantitative estimate of drug-likeness (QED) is 0.595. The van der Waals surface area contributed by atoms with Gasteiger partial charge in [-0.2, -0.15) is 0 Å². The van der Waals surface area contributed by atoms with Crippen LogP contribution in [-0.2, 0) is 0 Å². The second-order valence-corrected chi connectivity index (χ2v) is 5.82. The van der Waals surface area contributed by atoms with Crippen molar-refractivity contribution in [1.82, 2.24) is 10.3 Å². The molecule has 84 valence electrons. The van der Waals surface area contributed by atoms with Crippen LogP contribution in [0.15, 0.2) is 21.0 Å². The van der Waals surface area contributed by atoms with Crippen molar-refractivity contribution in [1.29, 1.82) is 0 Å². The van der Waals surface area contributed by atoms with Crippen LogP contribution in [0, 0.1) is 3.70 Å². The second-order valence-electron chi connectivity index (χ2n) is 3.94. The highest BCUT2D eigenvalue weighted by atomic mass is 127. The summed E-state index contributed by atoms with van der Waals surface area (Å²) in [4.78, 5) is 4.49. The Bertz CT molecular complexity index is 495. The van der Waals surface area contributed by atoms with Gasteiger partial charge in [-0.15, -0.1) is 0 Å². The van der Waals surface area contributed by atoms with E-state index in [-0.39, 0.29) is 0 Å². The Balaban J connectivity index is 2.08. The predicted octanol–water partition coefficient (Wildman–Crippen LogP) is 3.62. The van der Waals surface area contributed by atoms with Gasteiger partial charge in [0.15, 0.2) is 5.58 Å². The third-order valence-corrected chi connectivity index (χ3v) is 5.00. The lowest BCUT2D eigenvalue weighted by Gasteiger charge is -2.04. The third kappa shape index (κ3) is 1.89. The minimum absolute atomic E-state index is 0.366. The van der Waals surface area contributed by atoms with E-state index in [0.717, 1.165) is 38.0 Å². The molecule has 1 aliphatic heterocycles. The second kappa shape index (κ2) is 4.27. The van der Waals surface area contributed by atoms with Crippen molar-refractivity contribution in [2.24, 2.45) is 0 Å². The van der Waals surface area contributed by atoms with Crippen LogP contribution in [0.2, 0.25) is 0 Å². The van der Waals surface area contributed by atoms with Gasteiger partial charge in [0, 0.05) is 6.07 Å². The first-order chi connectivity index (χ1) is 7.74. The highest BCUT2D eigenvalue weighted by Gasteiger charge is 2.20. The van der Waals surface area contributed by atoms with Gasteiger partial charge in [-0.3, -0.25) is 0 Å². The summed E-state index contributed by atoms with van der Waals surface area (Å²) in [6.07, 6.45) is 2.37. The molecule has 1 atom stereocenters. The van der Waals surface area contributed by atoms with Gasteiger partial charge in [-0.05, 0) is 64.0 Å². The lowest BCUT2D eigenvalue weighted by Crippen LogP contribution is -2.11. The van der Waals surface area contributed by atoms with E-state index in [1.807, 2.05) is 12.1 Å². The highest BCUT2D eigenvalue weighted by Crippen LogP contribution is 2.30. The summed E-state index contributed by atoms with van der Waals surface area (Å²) in [6, 6.07) is 4.40. The average molecular weight is 393 g/mol. The van der Waals surface area contributed by atoms with Crippen molar-refractivity contribution in [3.63, 3.8) is 0 Å². The van der Waals surface area contributed by atoms with Gasteiger partial charge in [0.05, 0.1) is 10.5 Å². The van der Waals surface area contributed by atoms with Gasteiger partial charge in [-0.25, -0.2) is 4.98 Å². The molecule has 0 radical (unpaired) electrons. The molecule has 0 bridgehead atoms. The predicted molar refractivity (Wildman–Crippen MR) is 74.4 cm³/mol. The summed E-state index contributed by atoms with van der Waals surface area (Å²) in [5, 5.41) is 3.43. The summed E-state index contributed by atoms with van der Waals surface area (Å²) in [7, 11) is 0. The van der Waals surface area contributed by atoms with Crippen LogP contribution in [0.3, 0.4) is 0 Å². The molecule has 0 amide bonds. The maximum atomic E-state index is 5.83. The molecule has 16 heavy (non-hydrogen) atoms. The van der Waals surface area contributed by atoms with E-state index in [9.17, 15) is 0 Å².